The van der Waals surface area contributed by atoms with E-state index in [1.165, 1.54) is 24.3 Å². The Morgan fingerprint density at radius 3 is 3.00 bits per heavy atom. The number of H-pyrrole nitrogens is 1. The van der Waals surface area contributed by atoms with Gasteiger partial charge in [-0.1, -0.05) is 0 Å². The first kappa shape index (κ1) is 13.3. The predicted molar refractivity (Wildman–Crippen MR) is 64.7 cm³/mol. The van der Waals surface area contributed by atoms with E-state index in [-0.39, 0.29) is 18.7 Å². The number of ether oxygens (including phenoxy) is 2. The van der Waals surface area contributed by atoms with Crippen LogP contribution in [-0.4, -0.2) is 54.7 Å². The van der Waals surface area contributed by atoms with Crippen molar-refractivity contribution in [1.29, 1.82) is 0 Å². The van der Waals surface area contributed by atoms with Crippen LogP contribution in [0.2, 0.25) is 0 Å². The van der Waals surface area contributed by atoms with Crippen LogP contribution in [0, 0.1) is 0 Å². The van der Waals surface area contributed by atoms with Gasteiger partial charge in [0.1, 0.15) is 5.56 Å². The molecular weight excluding hydrogens is 252 g/mol. The van der Waals surface area contributed by atoms with E-state index in [1.54, 1.807) is 6.07 Å². The third-order valence-corrected chi connectivity index (χ3v) is 2.87. The van der Waals surface area contributed by atoms with Crippen LogP contribution in [0.3, 0.4) is 0 Å². The molecule has 0 aromatic carbocycles. The second-order valence-corrected chi connectivity index (χ2v) is 4.05. The number of hydrogen-bond donors (Lipinski definition) is 1. The fourth-order valence-electron chi connectivity index (χ4n) is 1.87. The van der Waals surface area contributed by atoms with Crippen LogP contribution < -0.4 is 5.56 Å². The van der Waals surface area contributed by atoms with Gasteiger partial charge in [0.15, 0.2) is 6.10 Å². The van der Waals surface area contributed by atoms with Gasteiger partial charge in [-0.25, -0.2) is 4.79 Å². The number of carbonyl (C=O) groups excluding carboxylic acids is 2. The smallest absolute Gasteiger partial charge is 0.336 e. The molecule has 0 spiro atoms. The van der Waals surface area contributed by atoms with Crippen LogP contribution in [0.5, 0.6) is 0 Å². The quantitative estimate of drug-likeness (QED) is 0.721. The number of nitrogens with zero attached hydrogens (tertiary/aromatic N) is 1. The Hall–Kier alpha value is -2.15. The molecule has 0 aliphatic carbocycles. The highest BCUT2D eigenvalue weighted by atomic mass is 16.6. The van der Waals surface area contributed by atoms with Crippen molar-refractivity contribution in [1.82, 2.24) is 9.88 Å². The van der Waals surface area contributed by atoms with Crippen LogP contribution >= 0.6 is 0 Å². The largest absolute Gasteiger partial charge is 0.467 e. The first-order valence-corrected chi connectivity index (χ1v) is 5.80. The number of aromatic nitrogens is 1. The zero-order chi connectivity index (χ0) is 13.8. The molecule has 7 heteroatoms. The summed E-state index contributed by atoms with van der Waals surface area (Å²) in [5.74, 6) is -0.946. The monoisotopic (exact) mass is 266 g/mol. The molecule has 1 aliphatic heterocycles. The van der Waals surface area contributed by atoms with Crippen LogP contribution in [0.15, 0.2) is 23.1 Å². The number of rotatable bonds is 2. The molecule has 1 aliphatic rings. The van der Waals surface area contributed by atoms with Crippen molar-refractivity contribution in [2.75, 3.05) is 26.8 Å². The molecule has 1 unspecified atom stereocenters. The maximum atomic E-state index is 12.2. The van der Waals surface area contributed by atoms with E-state index >= 15 is 0 Å². The summed E-state index contributed by atoms with van der Waals surface area (Å²) in [4.78, 5) is 39.0. The SMILES string of the molecule is COC(=O)C1CN(C(=O)c2ccc[nH]c2=O)CCO1. The average molecular weight is 266 g/mol. The Morgan fingerprint density at radius 2 is 2.32 bits per heavy atom. The number of pyridine rings is 1. The number of aromatic amines is 1. The van der Waals surface area contributed by atoms with Gasteiger partial charge in [-0.05, 0) is 12.1 Å². The van der Waals surface area contributed by atoms with Gasteiger partial charge in [0.05, 0.1) is 20.3 Å². The lowest BCUT2D eigenvalue weighted by Gasteiger charge is -2.31. The molecule has 1 amide bonds. The molecule has 2 heterocycles. The highest BCUT2D eigenvalue weighted by Crippen LogP contribution is 2.09. The van der Waals surface area contributed by atoms with E-state index in [0.29, 0.717) is 6.54 Å². The van der Waals surface area contributed by atoms with Gasteiger partial charge in [0.2, 0.25) is 0 Å². The van der Waals surface area contributed by atoms with Gasteiger partial charge in [-0.15, -0.1) is 0 Å². The Labute approximate surface area is 109 Å². The third-order valence-electron chi connectivity index (χ3n) is 2.87. The van der Waals surface area contributed by atoms with Gasteiger partial charge >= 0.3 is 5.97 Å². The zero-order valence-corrected chi connectivity index (χ0v) is 10.4. The molecule has 1 aromatic heterocycles. The van der Waals surface area contributed by atoms with E-state index in [4.69, 9.17) is 4.74 Å². The second-order valence-electron chi connectivity index (χ2n) is 4.05. The van der Waals surface area contributed by atoms with Crippen LogP contribution in [0.4, 0.5) is 0 Å². The summed E-state index contributed by atoms with van der Waals surface area (Å²) in [6, 6.07) is 3.02. The molecule has 0 radical (unpaired) electrons. The van der Waals surface area contributed by atoms with Crippen molar-refractivity contribution in [2.45, 2.75) is 6.10 Å². The lowest BCUT2D eigenvalue weighted by Crippen LogP contribution is -2.49. The predicted octanol–water partition coefficient (Wildman–Crippen LogP) is -0.611. The topological polar surface area (TPSA) is 88.7 Å². The zero-order valence-electron chi connectivity index (χ0n) is 10.4. The molecule has 0 saturated carbocycles. The molecule has 1 saturated heterocycles. The summed E-state index contributed by atoms with van der Waals surface area (Å²) < 4.78 is 9.80. The normalized spacial score (nSPS) is 19.0. The Kier molecular flexibility index (Phi) is 3.96. The number of morpholine rings is 1. The van der Waals surface area contributed by atoms with Crippen LogP contribution in [-0.2, 0) is 14.3 Å². The molecule has 1 N–H and O–H groups in total. The second kappa shape index (κ2) is 5.66. The summed E-state index contributed by atoms with van der Waals surface area (Å²) in [5, 5.41) is 0. The van der Waals surface area contributed by atoms with Gasteiger partial charge in [-0.2, -0.15) is 0 Å². The van der Waals surface area contributed by atoms with E-state index in [0.717, 1.165) is 0 Å². The van der Waals surface area contributed by atoms with Gasteiger partial charge in [-0.3, -0.25) is 9.59 Å². The number of methoxy groups -OCH3 is 1. The molecule has 0 bridgehead atoms. The Bertz CT molecular complexity index is 539. The molecule has 19 heavy (non-hydrogen) atoms. The molecule has 2 rings (SSSR count). The van der Waals surface area contributed by atoms with E-state index in [9.17, 15) is 14.4 Å². The van der Waals surface area contributed by atoms with Crippen molar-refractivity contribution < 1.29 is 19.1 Å². The minimum absolute atomic E-state index is 0.0491. The summed E-state index contributed by atoms with van der Waals surface area (Å²) in [6.07, 6.45) is 0.654. The van der Waals surface area contributed by atoms with Crippen molar-refractivity contribution in [2.24, 2.45) is 0 Å². The molecule has 7 nitrogen and oxygen atoms in total. The standard InChI is InChI=1S/C12H14N2O5/c1-18-12(17)9-7-14(5-6-19-9)11(16)8-3-2-4-13-10(8)15/h2-4,9H,5-7H2,1H3,(H,13,15). The molecule has 1 atom stereocenters. The minimum Gasteiger partial charge on any atom is -0.467 e. The lowest BCUT2D eigenvalue weighted by molar-refractivity contribution is -0.158. The van der Waals surface area contributed by atoms with Crippen molar-refractivity contribution >= 4 is 11.9 Å². The van der Waals surface area contributed by atoms with Crippen molar-refractivity contribution in [3.63, 3.8) is 0 Å². The summed E-state index contributed by atoms with van der Waals surface area (Å²) in [7, 11) is 1.26. The van der Waals surface area contributed by atoms with E-state index in [1.807, 2.05) is 0 Å². The molecule has 1 fully saturated rings. The summed E-state index contributed by atoms with van der Waals surface area (Å²) in [6.45, 7) is 0.650. The summed E-state index contributed by atoms with van der Waals surface area (Å²) >= 11 is 0. The molecular formula is C12H14N2O5. The lowest BCUT2D eigenvalue weighted by atomic mass is 10.2. The van der Waals surface area contributed by atoms with E-state index < -0.39 is 23.5 Å². The van der Waals surface area contributed by atoms with Crippen LogP contribution in [0.1, 0.15) is 10.4 Å². The highest BCUT2D eigenvalue weighted by Gasteiger charge is 2.31. The van der Waals surface area contributed by atoms with Crippen molar-refractivity contribution in [3.05, 3.63) is 34.2 Å². The van der Waals surface area contributed by atoms with Crippen molar-refractivity contribution in [3.8, 4) is 0 Å². The Morgan fingerprint density at radius 1 is 1.53 bits per heavy atom. The number of carbonyl (C=O) groups is 2. The van der Waals surface area contributed by atoms with Gasteiger partial charge in [0, 0.05) is 12.7 Å². The molecule has 102 valence electrons. The maximum Gasteiger partial charge on any atom is 0.336 e. The fourth-order valence-corrected chi connectivity index (χ4v) is 1.87. The van der Waals surface area contributed by atoms with Gasteiger partial charge in [0.25, 0.3) is 11.5 Å². The number of amides is 1. The fraction of sp³-hybridized carbons (Fsp3) is 0.417. The highest BCUT2D eigenvalue weighted by molar-refractivity contribution is 5.94. The average Bonchev–Trinajstić information content (AvgIpc) is 2.46. The maximum absolute atomic E-state index is 12.2. The number of hydrogen-bond acceptors (Lipinski definition) is 5. The number of esters is 1. The minimum atomic E-state index is -0.800. The first-order chi connectivity index (χ1) is 9.13. The first-order valence-electron chi connectivity index (χ1n) is 5.80. The summed E-state index contributed by atoms with van der Waals surface area (Å²) in [5.41, 5.74) is -0.401. The number of nitrogens with one attached hydrogen (secondary N) is 1. The van der Waals surface area contributed by atoms with E-state index in [2.05, 4.69) is 9.72 Å². The van der Waals surface area contributed by atoms with Gasteiger partial charge < -0.3 is 19.4 Å². The Balaban J connectivity index is 2.14. The van der Waals surface area contributed by atoms with Crippen LogP contribution in [0.25, 0.3) is 0 Å². The third kappa shape index (κ3) is 2.82. The molecule has 1 aromatic rings.